The number of ether oxygens (including phenoxy) is 1. The number of benzene rings is 1. The van der Waals surface area contributed by atoms with Crippen molar-refractivity contribution < 1.29 is 13.9 Å². The van der Waals surface area contributed by atoms with Gasteiger partial charge in [-0.1, -0.05) is 29.3 Å². The van der Waals surface area contributed by atoms with Crippen molar-refractivity contribution in [3.63, 3.8) is 0 Å². The van der Waals surface area contributed by atoms with Crippen molar-refractivity contribution in [1.82, 2.24) is 9.55 Å². The van der Waals surface area contributed by atoms with E-state index >= 15 is 4.39 Å². The maximum Gasteiger partial charge on any atom is 0.330 e. The molecular formula is C22H24ClFN2O2. The SMILES string of the molecule is CCOC(=O)C=C1CCC(F)(CCC2c3c(Cl)cccc3-c3cncn32)CC1. The second kappa shape index (κ2) is 7.70. The lowest BCUT2D eigenvalue weighted by molar-refractivity contribution is -0.137. The van der Waals surface area contributed by atoms with Gasteiger partial charge in [0.2, 0.25) is 0 Å². The summed E-state index contributed by atoms with van der Waals surface area (Å²) in [5.41, 5.74) is 2.98. The number of carbonyl (C=O) groups is 1. The Morgan fingerprint density at radius 3 is 2.96 bits per heavy atom. The molecule has 4 rings (SSSR count). The molecule has 2 aliphatic rings. The van der Waals surface area contributed by atoms with Gasteiger partial charge in [0, 0.05) is 22.2 Å². The first-order valence-electron chi connectivity index (χ1n) is 9.86. The smallest absolute Gasteiger partial charge is 0.330 e. The van der Waals surface area contributed by atoms with Crippen LogP contribution in [0.3, 0.4) is 0 Å². The van der Waals surface area contributed by atoms with E-state index in [1.54, 1.807) is 6.92 Å². The van der Waals surface area contributed by atoms with Crippen LogP contribution in [0.4, 0.5) is 4.39 Å². The summed E-state index contributed by atoms with van der Waals surface area (Å²) in [6, 6.07) is 5.90. The molecule has 1 aliphatic heterocycles. The number of hydrogen-bond donors (Lipinski definition) is 0. The molecule has 4 nitrogen and oxygen atoms in total. The van der Waals surface area contributed by atoms with Gasteiger partial charge in [-0.25, -0.2) is 14.2 Å². The lowest BCUT2D eigenvalue weighted by Crippen LogP contribution is -2.28. The Balaban J connectivity index is 1.44. The first-order valence-corrected chi connectivity index (χ1v) is 10.2. The van der Waals surface area contributed by atoms with Crippen LogP contribution < -0.4 is 0 Å². The van der Waals surface area contributed by atoms with Crippen LogP contribution in [0.2, 0.25) is 5.02 Å². The van der Waals surface area contributed by atoms with Crippen LogP contribution >= 0.6 is 11.6 Å². The summed E-state index contributed by atoms with van der Waals surface area (Å²) < 4.78 is 22.5. The lowest BCUT2D eigenvalue weighted by atomic mass is 9.79. The monoisotopic (exact) mass is 402 g/mol. The number of allylic oxidation sites excluding steroid dienone is 1. The highest BCUT2D eigenvalue weighted by molar-refractivity contribution is 6.32. The molecule has 1 atom stereocenters. The average molecular weight is 403 g/mol. The molecule has 0 bridgehead atoms. The number of hydrogen-bond acceptors (Lipinski definition) is 3. The van der Waals surface area contributed by atoms with Crippen molar-refractivity contribution in [2.75, 3.05) is 6.61 Å². The number of halogens is 2. The lowest BCUT2D eigenvalue weighted by Gasteiger charge is -2.32. The summed E-state index contributed by atoms with van der Waals surface area (Å²) in [5.74, 6) is -0.325. The van der Waals surface area contributed by atoms with Crippen LogP contribution in [0.25, 0.3) is 11.3 Å². The molecule has 1 aromatic carbocycles. The molecule has 0 saturated heterocycles. The minimum Gasteiger partial charge on any atom is -0.463 e. The molecule has 28 heavy (non-hydrogen) atoms. The van der Waals surface area contributed by atoms with Crippen molar-refractivity contribution in [3.8, 4) is 11.3 Å². The normalized spacial score (nSPS) is 23.2. The molecule has 0 spiro atoms. The zero-order valence-electron chi connectivity index (χ0n) is 16.0. The third-order valence-corrected chi connectivity index (χ3v) is 6.26. The predicted octanol–water partition coefficient (Wildman–Crippen LogP) is 5.66. The van der Waals surface area contributed by atoms with Crippen LogP contribution in [0, 0.1) is 0 Å². The standard InChI is InChI=1S/C22H24ClFN2O2/c1-2-28-20(27)12-15-6-9-22(24,10-7-15)11-8-18-21-16(4-3-5-17(21)23)19-13-25-14-26(18)19/h3-5,12-14,18H,2,6-11H2,1H3. The van der Waals surface area contributed by atoms with Crippen LogP contribution in [-0.4, -0.2) is 27.8 Å². The van der Waals surface area contributed by atoms with Gasteiger partial charge in [-0.2, -0.15) is 0 Å². The summed E-state index contributed by atoms with van der Waals surface area (Å²) in [6.45, 7) is 2.14. The zero-order valence-corrected chi connectivity index (χ0v) is 16.7. The molecule has 2 aromatic rings. The highest BCUT2D eigenvalue weighted by Gasteiger charge is 2.37. The fourth-order valence-corrected chi connectivity index (χ4v) is 4.74. The van der Waals surface area contributed by atoms with Crippen LogP contribution in [0.5, 0.6) is 0 Å². The molecule has 0 radical (unpaired) electrons. The van der Waals surface area contributed by atoms with Gasteiger partial charge in [0.15, 0.2) is 0 Å². The molecule has 1 unspecified atom stereocenters. The molecule has 0 amide bonds. The van der Waals surface area contributed by atoms with Crippen LogP contribution in [0.1, 0.15) is 57.1 Å². The molecule has 1 saturated carbocycles. The van der Waals surface area contributed by atoms with Crippen molar-refractivity contribution in [1.29, 1.82) is 0 Å². The number of carbonyl (C=O) groups excluding carboxylic acids is 1. The van der Waals surface area contributed by atoms with Gasteiger partial charge in [-0.3, -0.25) is 0 Å². The van der Waals surface area contributed by atoms with Crippen molar-refractivity contribution in [3.05, 3.63) is 53.0 Å². The number of aromatic nitrogens is 2. The van der Waals surface area contributed by atoms with Crippen molar-refractivity contribution in [2.24, 2.45) is 0 Å². The Hall–Kier alpha value is -2.14. The second-order valence-corrected chi connectivity index (χ2v) is 8.05. The van der Waals surface area contributed by atoms with E-state index in [4.69, 9.17) is 16.3 Å². The Bertz CT molecular complexity index is 911. The van der Waals surface area contributed by atoms with Gasteiger partial charge >= 0.3 is 5.97 Å². The van der Waals surface area contributed by atoms with Gasteiger partial charge in [-0.15, -0.1) is 0 Å². The van der Waals surface area contributed by atoms with E-state index in [-0.39, 0.29) is 12.0 Å². The number of esters is 1. The van der Waals surface area contributed by atoms with Gasteiger partial charge in [0.1, 0.15) is 5.67 Å². The molecule has 2 heterocycles. The Morgan fingerprint density at radius 2 is 2.21 bits per heavy atom. The summed E-state index contributed by atoms with van der Waals surface area (Å²) in [6.07, 6.45) is 8.42. The fourth-order valence-electron chi connectivity index (χ4n) is 4.44. The quantitative estimate of drug-likeness (QED) is 0.479. The molecule has 1 fully saturated rings. The minimum atomic E-state index is -1.21. The van der Waals surface area contributed by atoms with E-state index in [0.29, 0.717) is 45.1 Å². The molecule has 148 valence electrons. The van der Waals surface area contributed by atoms with E-state index in [1.807, 2.05) is 30.7 Å². The Labute approximate surface area is 169 Å². The highest BCUT2D eigenvalue weighted by Crippen LogP contribution is 2.47. The molecule has 1 aliphatic carbocycles. The number of imidazole rings is 1. The summed E-state index contributed by atoms with van der Waals surface area (Å²) in [4.78, 5) is 15.9. The van der Waals surface area contributed by atoms with Crippen molar-refractivity contribution >= 4 is 17.6 Å². The van der Waals surface area contributed by atoms with Crippen LogP contribution in [-0.2, 0) is 9.53 Å². The summed E-state index contributed by atoms with van der Waals surface area (Å²) in [7, 11) is 0. The largest absolute Gasteiger partial charge is 0.463 e. The van der Waals surface area contributed by atoms with E-state index < -0.39 is 5.67 Å². The fraction of sp³-hybridized carbons (Fsp3) is 0.455. The Kier molecular flexibility index (Phi) is 5.28. The minimum absolute atomic E-state index is 0.0188. The highest BCUT2D eigenvalue weighted by atomic mass is 35.5. The third kappa shape index (κ3) is 3.60. The maximum absolute atomic E-state index is 15.5. The van der Waals surface area contributed by atoms with E-state index in [0.717, 1.165) is 27.4 Å². The number of rotatable bonds is 5. The van der Waals surface area contributed by atoms with Gasteiger partial charge in [-0.05, 0) is 51.5 Å². The molecule has 6 heteroatoms. The first-order chi connectivity index (χ1) is 13.5. The topological polar surface area (TPSA) is 44.1 Å². The van der Waals surface area contributed by atoms with Gasteiger partial charge < -0.3 is 9.30 Å². The number of nitrogens with zero attached hydrogens (tertiary/aromatic N) is 2. The van der Waals surface area contributed by atoms with Gasteiger partial charge in [0.25, 0.3) is 0 Å². The Morgan fingerprint density at radius 1 is 1.43 bits per heavy atom. The molecular weight excluding hydrogens is 379 g/mol. The van der Waals surface area contributed by atoms with E-state index in [1.165, 1.54) is 6.08 Å². The average Bonchev–Trinajstić information content (AvgIpc) is 3.25. The number of fused-ring (bicyclic) bond motifs is 3. The van der Waals surface area contributed by atoms with E-state index in [9.17, 15) is 4.79 Å². The predicted molar refractivity (Wildman–Crippen MR) is 107 cm³/mol. The zero-order chi connectivity index (χ0) is 19.7. The van der Waals surface area contributed by atoms with Gasteiger partial charge in [0.05, 0.1) is 30.9 Å². The van der Waals surface area contributed by atoms with E-state index in [2.05, 4.69) is 9.55 Å². The molecule has 1 aromatic heterocycles. The maximum atomic E-state index is 15.5. The summed E-state index contributed by atoms with van der Waals surface area (Å²) >= 11 is 6.48. The van der Waals surface area contributed by atoms with Crippen LogP contribution in [0.15, 0.2) is 42.4 Å². The number of alkyl halides is 1. The molecule has 0 N–H and O–H groups in total. The third-order valence-electron chi connectivity index (χ3n) is 5.93. The van der Waals surface area contributed by atoms with Crippen molar-refractivity contribution in [2.45, 2.75) is 57.2 Å². The summed E-state index contributed by atoms with van der Waals surface area (Å²) in [5, 5.41) is 0.724. The first kappa shape index (κ1) is 19.2. The second-order valence-electron chi connectivity index (χ2n) is 7.65.